The molecule has 1 atom stereocenters. The van der Waals surface area contributed by atoms with E-state index in [1.54, 1.807) is 11.3 Å². The molecule has 0 saturated carbocycles. The number of hydrogen-bond donors (Lipinski definition) is 1. The second kappa shape index (κ2) is 7.83. The van der Waals surface area contributed by atoms with Crippen LogP contribution in [0.5, 0.6) is 0 Å². The van der Waals surface area contributed by atoms with Crippen molar-refractivity contribution in [2.45, 2.75) is 33.4 Å². The van der Waals surface area contributed by atoms with E-state index in [1.807, 2.05) is 0 Å². The lowest BCUT2D eigenvalue weighted by Gasteiger charge is -2.24. The molecule has 1 aromatic heterocycles. The summed E-state index contributed by atoms with van der Waals surface area (Å²) in [5.74, 6) is 0. The van der Waals surface area contributed by atoms with Crippen LogP contribution in [0.2, 0.25) is 5.02 Å². The maximum atomic E-state index is 6.52. The van der Waals surface area contributed by atoms with Crippen molar-refractivity contribution in [3.05, 3.63) is 51.2 Å². The Morgan fingerprint density at radius 2 is 2.10 bits per heavy atom. The minimum atomic E-state index is 0.328. The fourth-order valence-corrected chi connectivity index (χ4v) is 3.46. The zero-order valence-electron chi connectivity index (χ0n) is 12.9. The molecule has 1 aromatic carbocycles. The van der Waals surface area contributed by atoms with Gasteiger partial charge >= 0.3 is 0 Å². The molecule has 0 aliphatic heterocycles. The van der Waals surface area contributed by atoms with Gasteiger partial charge in [-0.15, -0.1) is 11.3 Å². The van der Waals surface area contributed by atoms with E-state index in [-0.39, 0.29) is 0 Å². The van der Waals surface area contributed by atoms with Gasteiger partial charge in [0.05, 0.1) is 17.3 Å². The van der Waals surface area contributed by atoms with Crippen LogP contribution in [0.3, 0.4) is 0 Å². The normalized spacial score (nSPS) is 12.4. The zero-order chi connectivity index (χ0) is 15.2. The SMILES string of the molecule is CCNC(C)c1ccc(N(CC)Cc2cccs2)c(Cl)c1. The summed E-state index contributed by atoms with van der Waals surface area (Å²) in [4.78, 5) is 3.67. The third kappa shape index (κ3) is 4.22. The lowest BCUT2D eigenvalue weighted by Crippen LogP contribution is -2.22. The molecule has 4 heteroatoms. The van der Waals surface area contributed by atoms with Gasteiger partial charge in [0.1, 0.15) is 0 Å². The maximum Gasteiger partial charge on any atom is 0.0643 e. The topological polar surface area (TPSA) is 15.3 Å². The zero-order valence-corrected chi connectivity index (χ0v) is 14.5. The van der Waals surface area contributed by atoms with Gasteiger partial charge in [0, 0.05) is 17.5 Å². The minimum absolute atomic E-state index is 0.328. The van der Waals surface area contributed by atoms with Gasteiger partial charge in [-0.2, -0.15) is 0 Å². The van der Waals surface area contributed by atoms with E-state index in [9.17, 15) is 0 Å². The molecule has 114 valence electrons. The number of anilines is 1. The van der Waals surface area contributed by atoms with Crippen molar-refractivity contribution in [3.8, 4) is 0 Å². The first-order chi connectivity index (χ1) is 10.2. The molecule has 2 nitrogen and oxygen atoms in total. The van der Waals surface area contributed by atoms with Gasteiger partial charge in [0.25, 0.3) is 0 Å². The highest BCUT2D eigenvalue weighted by Gasteiger charge is 2.12. The van der Waals surface area contributed by atoms with Crippen molar-refractivity contribution in [1.82, 2.24) is 5.32 Å². The molecule has 0 saturated heterocycles. The Balaban J connectivity index is 2.18. The Morgan fingerprint density at radius 1 is 1.29 bits per heavy atom. The molecule has 2 rings (SSSR count). The fraction of sp³-hybridized carbons (Fsp3) is 0.412. The monoisotopic (exact) mass is 322 g/mol. The predicted molar refractivity (Wildman–Crippen MR) is 94.6 cm³/mol. The van der Waals surface area contributed by atoms with E-state index in [1.165, 1.54) is 10.4 Å². The number of nitrogens with one attached hydrogen (secondary N) is 1. The number of hydrogen-bond acceptors (Lipinski definition) is 3. The van der Waals surface area contributed by atoms with Crippen molar-refractivity contribution in [1.29, 1.82) is 0 Å². The summed E-state index contributed by atoms with van der Waals surface area (Å²) in [5.41, 5.74) is 2.35. The Bertz CT molecular complexity index is 554. The molecule has 0 aliphatic rings. The average Bonchev–Trinajstić information content (AvgIpc) is 2.98. The van der Waals surface area contributed by atoms with Gasteiger partial charge in [-0.05, 0) is 49.5 Å². The number of halogens is 1. The van der Waals surface area contributed by atoms with E-state index in [0.717, 1.165) is 30.3 Å². The lowest BCUT2D eigenvalue weighted by molar-refractivity contribution is 0.598. The van der Waals surface area contributed by atoms with Crippen molar-refractivity contribution in [3.63, 3.8) is 0 Å². The van der Waals surface area contributed by atoms with Crippen LogP contribution in [0.4, 0.5) is 5.69 Å². The van der Waals surface area contributed by atoms with Crippen molar-refractivity contribution in [2.24, 2.45) is 0 Å². The first kappa shape index (κ1) is 16.3. The molecule has 0 aliphatic carbocycles. The fourth-order valence-electron chi connectivity index (χ4n) is 2.43. The molecule has 0 radical (unpaired) electrons. The highest BCUT2D eigenvalue weighted by molar-refractivity contribution is 7.09. The summed E-state index contributed by atoms with van der Waals surface area (Å²) in [7, 11) is 0. The predicted octanol–water partition coefficient (Wildman–Crippen LogP) is 5.10. The molecular formula is C17H23ClN2S. The van der Waals surface area contributed by atoms with Crippen LogP contribution in [-0.2, 0) is 6.54 Å². The van der Waals surface area contributed by atoms with Crippen LogP contribution in [0.15, 0.2) is 35.7 Å². The first-order valence-electron chi connectivity index (χ1n) is 7.45. The van der Waals surface area contributed by atoms with E-state index in [4.69, 9.17) is 11.6 Å². The minimum Gasteiger partial charge on any atom is -0.365 e. The highest BCUT2D eigenvalue weighted by Crippen LogP contribution is 2.30. The number of thiophene rings is 1. The second-order valence-corrected chi connectivity index (χ2v) is 6.52. The van der Waals surface area contributed by atoms with Crippen LogP contribution in [-0.4, -0.2) is 13.1 Å². The van der Waals surface area contributed by atoms with E-state index in [2.05, 4.69) is 66.7 Å². The Morgan fingerprint density at radius 3 is 2.67 bits per heavy atom. The summed E-state index contributed by atoms with van der Waals surface area (Å²) in [6, 6.07) is 11.0. The Hall–Kier alpha value is -1.03. The summed E-state index contributed by atoms with van der Waals surface area (Å²) >= 11 is 8.31. The maximum absolute atomic E-state index is 6.52. The second-order valence-electron chi connectivity index (χ2n) is 5.08. The van der Waals surface area contributed by atoms with Crippen LogP contribution in [0.25, 0.3) is 0 Å². The lowest BCUT2D eigenvalue weighted by atomic mass is 10.1. The molecule has 0 spiro atoms. The summed E-state index contributed by atoms with van der Waals surface area (Å²) < 4.78 is 0. The summed E-state index contributed by atoms with van der Waals surface area (Å²) in [5, 5.41) is 6.36. The molecule has 0 fully saturated rings. The number of rotatable bonds is 7. The van der Waals surface area contributed by atoms with Gasteiger partial charge in [-0.25, -0.2) is 0 Å². The summed E-state index contributed by atoms with van der Waals surface area (Å²) in [6.07, 6.45) is 0. The van der Waals surface area contributed by atoms with Crippen LogP contribution < -0.4 is 10.2 Å². The first-order valence-corrected chi connectivity index (χ1v) is 8.71. The summed E-state index contributed by atoms with van der Waals surface area (Å²) in [6.45, 7) is 9.26. The molecule has 1 unspecified atom stereocenters. The van der Waals surface area contributed by atoms with E-state index in [0.29, 0.717) is 6.04 Å². The molecule has 1 heterocycles. The van der Waals surface area contributed by atoms with Gasteiger partial charge in [0.2, 0.25) is 0 Å². The van der Waals surface area contributed by atoms with Gasteiger partial charge < -0.3 is 10.2 Å². The van der Waals surface area contributed by atoms with Crippen LogP contribution >= 0.6 is 22.9 Å². The van der Waals surface area contributed by atoms with Gasteiger partial charge in [0.15, 0.2) is 0 Å². The van der Waals surface area contributed by atoms with Crippen LogP contribution in [0, 0.1) is 0 Å². The Kier molecular flexibility index (Phi) is 6.09. The molecule has 21 heavy (non-hydrogen) atoms. The molecule has 0 bridgehead atoms. The van der Waals surface area contributed by atoms with Gasteiger partial charge in [-0.1, -0.05) is 30.7 Å². The Labute approximate surface area is 136 Å². The number of benzene rings is 1. The molecule has 0 amide bonds. The third-order valence-electron chi connectivity index (χ3n) is 3.63. The van der Waals surface area contributed by atoms with Crippen molar-refractivity contribution in [2.75, 3.05) is 18.0 Å². The molecule has 2 aromatic rings. The quantitative estimate of drug-likeness (QED) is 0.763. The molecular weight excluding hydrogens is 300 g/mol. The van der Waals surface area contributed by atoms with Crippen molar-refractivity contribution < 1.29 is 0 Å². The smallest absolute Gasteiger partial charge is 0.0643 e. The highest BCUT2D eigenvalue weighted by atomic mass is 35.5. The number of nitrogens with zero attached hydrogens (tertiary/aromatic N) is 1. The standard InChI is InChI=1S/C17H23ClN2S/c1-4-19-13(3)14-8-9-17(16(18)11-14)20(5-2)12-15-7-6-10-21-15/h6-11,13,19H,4-5,12H2,1-3H3. The van der Waals surface area contributed by atoms with Gasteiger partial charge in [-0.3, -0.25) is 0 Å². The average molecular weight is 323 g/mol. The van der Waals surface area contributed by atoms with Crippen LogP contribution in [0.1, 0.15) is 37.3 Å². The largest absolute Gasteiger partial charge is 0.365 e. The van der Waals surface area contributed by atoms with Crippen molar-refractivity contribution >= 4 is 28.6 Å². The molecule has 1 N–H and O–H groups in total. The van der Waals surface area contributed by atoms with E-state index < -0.39 is 0 Å². The third-order valence-corrected chi connectivity index (χ3v) is 4.80. The van der Waals surface area contributed by atoms with E-state index >= 15 is 0 Å².